The van der Waals surface area contributed by atoms with Gasteiger partial charge in [0.2, 0.25) is 4.33 Å². The normalized spacial score (nSPS) is 34.6. The summed E-state index contributed by atoms with van der Waals surface area (Å²) in [7, 11) is -3.72. The van der Waals surface area contributed by atoms with Crippen molar-refractivity contribution in [2.24, 2.45) is 0 Å². The first-order valence-electron chi connectivity index (χ1n) is 7.25. The van der Waals surface area contributed by atoms with Crippen LogP contribution in [0, 0.1) is 0 Å². The molecule has 0 saturated heterocycles. The molecule has 0 spiro atoms. The van der Waals surface area contributed by atoms with Crippen LogP contribution in [0.5, 0.6) is 0 Å². The third-order valence-corrected chi connectivity index (χ3v) is 8.23. The molecule has 0 aromatic heterocycles. The van der Waals surface area contributed by atoms with Gasteiger partial charge < -0.3 is 13.8 Å². The fraction of sp³-hybridized carbons (Fsp3) is 0.923. The molecular formula is C13H21Cl2O5P. The molecule has 21 heavy (non-hydrogen) atoms. The third-order valence-electron chi connectivity index (χ3n) is 4.36. The van der Waals surface area contributed by atoms with Crippen LogP contribution in [0.15, 0.2) is 0 Å². The van der Waals surface area contributed by atoms with Crippen LogP contribution in [0.25, 0.3) is 0 Å². The van der Waals surface area contributed by atoms with Crippen LogP contribution in [0.3, 0.4) is 0 Å². The van der Waals surface area contributed by atoms with Gasteiger partial charge in [-0.05, 0) is 40.0 Å². The summed E-state index contributed by atoms with van der Waals surface area (Å²) in [6.45, 7) is 5.86. The highest BCUT2D eigenvalue weighted by atomic mass is 35.5. The van der Waals surface area contributed by atoms with Crippen molar-refractivity contribution < 1.29 is 23.1 Å². The van der Waals surface area contributed by atoms with Gasteiger partial charge in [-0.25, -0.2) is 0 Å². The Hall–Kier alpha value is 0.360. The van der Waals surface area contributed by atoms with Gasteiger partial charge in [-0.2, -0.15) is 0 Å². The highest BCUT2D eigenvalue weighted by molar-refractivity contribution is 7.57. The molecule has 2 saturated carbocycles. The molecule has 2 fully saturated rings. The Labute approximate surface area is 135 Å². The Kier molecular flexibility index (Phi) is 4.87. The summed E-state index contributed by atoms with van der Waals surface area (Å²) in [4.78, 5) is 12.7. The first kappa shape index (κ1) is 17.7. The van der Waals surface area contributed by atoms with Crippen molar-refractivity contribution in [1.82, 2.24) is 0 Å². The summed E-state index contributed by atoms with van der Waals surface area (Å²) in [5.41, 5.74) is -1.20. The lowest BCUT2D eigenvalue weighted by Crippen LogP contribution is -2.80. The van der Waals surface area contributed by atoms with E-state index >= 15 is 0 Å². The number of alkyl halides is 2. The van der Waals surface area contributed by atoms with Gasteiger partial charge in [-0.15, -0.1) is 0 Å². The molecule has 0 heterocycles. The van der Waals surface area contributed by atoms with Crippen molar-refractivity contribution in [3.05, 3.63) is 0 Å². The summed E-state index contributed by atoms with van der Waals surface area (Å²) in [5, 5.41) is -1.38. The number of carbonyl (C=O) groups is 1. The Balaban J connectivity index is 2.57. The molecule has 0 N–H and O–H groups in total. The monoisotopic (exact) mass is 358 g/mol. The van der Waals surface area contributed by atoms with Crippen LogP contribution < -0.4 is 0 Å². The first-order chi connectivity index (χ1) is 9.79. The minimum absolute atomic E-state index is 0.173. The van der Waals surface area contributed by atoms with E-state index in [0.29, 0.717) is 25.9 Å². The molecule has 0 aromatic carbocycles. The molecule has 0 aliphatic heterocycles. The van der Waals surface area contributed by atoms with E-state index in [9.17, 15) is 9.36 Å². The van der Waals surface area contributed by atoms with Crippen molar-refractivity contribution in [3.63, 3.8) is 0 Å². The number of Topliss-reactive ketones (excluding diaryl/α,β-unsaturated/α-hetero) is 1. The van der Waals surface area contributed by atoms with E-state index in [4.69, 9.17) is 37.0 Å². The lowest BCUT2D eigenvalue weighted by molar-refractivity contribution is -0.164. The van der Waals surface area contributed by atoms with Crippen molar-refractivity contribution in [2.75, 3.05) is 19.8 Å². The van der Waals surface area contributed by atoms with Crippen LogP contribution in [0.4, 0.5) is 0 Å². The number of hydrogen-bond donors (Lipinski definition) is 0. The summed E-state index contributed by atoms with van der Waals surface area (Å²) in [6, 6.07) is 0. The molecule has 2 atom stereocenters. The fourth-order valence-electron chi connectivity index (χ4n) is 3.70. The zero-order valence-electron chi connectivity index (χ0n) is 12.5. The fourth-order valence-corrected chi connectivity index (χ4v) is 7.74. The molecule has 2 aliphatic rings. The second-order valence-electron chi connectivity index (χ2n) is 5.21. The average Bonchev–Trinajstić information content (AvgIpc) is 2.78. The topological polar surface area (TPSA) is 61.8 Å². The number of ether oxygens (including phenoxy) is 1. The third kappa shape index (κ3) is 1.95. The van der Waals surface area contributed by atoms with Crippen molar-refractivity contribution >= 4 is 36.6 Å². The lowest BCUT2D eigenvalue weighted by atomic mass is 9.68. The van der Waals surface area contributed by atoms with Gasteiger partial charge in [0.15, 0.2) is 10.9 Å². The Morgan fingerprint density at radius 2 is 1.67 bits per heavy atom. The smallest absolute Gasteiger partial charge is 0.347 e. The summed E-state index contributed by atoms with van der Waals surface area (Å²) in [6.07, 6.45) is 1.45. The lowest BCUT2D eigenvalue weighted by Gasteiger charge is -2.60. The van der Waals surface area contributed by atoms with E-state index in [0.717, 1.165) is 0 Å². The van der Waals surface area contributed by atoms with Gasteiger partial charge in [0.05, 0.1) is 13.2 Å². The number of rotatable bonds is 7. The molecule has 2 aliphatic carbocycles. The van der Waals surface area contributed by atoms with E-state index in [1.807, 2.05) is 0 Å². The molecule has 2 unspecified atom stereocenters. The molecule has 122 valence electrons. The average molecular weight is 359 g/mol. The van der Waals surface area contributed by atoms with Gasteiger partial charge in [-0.3, -0.25) is 9.36 Å². The van der Waals surface area contributed by atoms with Crippen LogP contribution in [0.2, 0.25) is 0 Å². The van der Waals surface area contributed by atoms with Crippen LogP contribution in [-0.4, -0.2) is 40.7 Å². The maximum atomic E-state index is 13.3. The molecule has 0 amide bonds. The van der Waals surface area contributed by atoms with Crippen LogP contribution >= 0.6 is 30.8 Å². The first-order valence-corrected chi connectivity index (χ1v) is 9.55. The maximum Gasteiger partial charge on any atom is 0.347 e. The van der Waals surface area contributed by atoms with E-state index in [-0.39, 0.29) is 13.2 Å². The van der Waals surface area contributed by atoms with Gasteiger partial charge in [0.25, 0.3) is 0 Å². The van der Waals surface area contributed by atoms with Crippen LogP contribution in [0.1, 0.15) is 40.0 Å². The van der Waals surface area contributed by atoms with E-state index in [1.165, 1.54) is 0 Å². The minimum atomic E-state index is -3.72. The molecule has 0 aromatic rings. The zero-order valence-corrected chi connectivity index (χ0v) is 14.9. The largest absolute Gasteiger partial charge is 0.370 e. The van der Waals surface area contributed by atoms with Crippen molar-refractivity contribution in [3.8, 4) is 0 Å². The predicted molar refractivity (Wildman–Crippen MR) is 81.2 cm³/mol. The highest BCUT2D eigenvalue weighted by Gasteiger charge is 2.89. The molecule has 5 nitrogen and oxygen atoms in total. The summed E-state index contributed by atoms with van der Waals surface area (Å²) >= 11 is 12.5. The quantitative estimate of drug-likeness (QED) is 0.512. The predicted octanol–water partition coefficient (Wildman–Crippen LogP) is 3.71. The number of hydrogen-bond acceptors (Lipinski definition) is 5. The Morgan fingerprint density at radius 3 is 2.14 bits per heavy atom. The number of halogens is 2. The van der Waals surface area contributed by atoms with Gasteiger partial charge >= 0.3 is 7.60 Å². The number of carbonyl (C=O) groups excluding carboxylic acids is 1. The second-order valence-corrected chi connectivity index (χ2v) is 8.81. The van der Waals surface area contributed by atoms with Crippen LogP contribution in [-0.2, 0) is 23.1 Å². The zero-order chi connectivity index (χ0) is 15.9. The van der Waals surface area contributed by atoms with E-state index < -0.39 is 28.5 Å². The maximum absolute atomic E-state index is 13.3. The van der Waals surface area contributed by atoms with Crippen molar-refractivity contribution in [1.29, 1.82) is 0 Å². The number of fused-ring (bicyclic) bond motifs is 1. The minimum Gasteiger partial charge on any atom is -0.370 e. The van der Waals surface area contributed by atoms with Gasteiger partial charge in [-0.1, -0.05) is 23.2 Å². The molecule has 2 rings (SSSR count). The van der Waals surface area contributed by atoms with E-state index in [1.54, 1.807) is 20.8 Å². The number of ketones is 1. The van der Waals surface area contributed by atoms with E-state index in [2.05, 4.69) is 0 Å². The molecule has 0 bridgehead atoms. The standard InChI is InChI=1S/C13H21Cl2O5P/c1-4-18-12-9-7-8-11(12,10(16)13(12,14)15)21(17,19-5-2)20-6-3/h4-9H2,1-3H3. The molecule has 0 radical (unpaired) electrons. The molecular weight excluding hydrogens is 338 g/mol. The van der Waals surface area contributed by atoms with Gasteiger partial charge in [0.1, 0.15) is 5.60 Å². The molecule has 8 heteroatoms. The summed E-state index contributed by atoms with van der Waals surface area (Å²) < 4.78 is 28.3. The second kappa shape index (κ2) is 5.77. The highest BCUT2D eigenvalue weighted by Crippen LogP contribution is 2.80. The van der Waals surface area contributed by atoms with Crippen molar-refractivity contribution in [2.45, 2.75) is 55.1 Å². The summed E-state index contributed by atoms with van der Waals surface area (Å²) in [5.74, 6) is -0.505. The Bertz CT molecular complexity index is 473. The van der Waals surface area contributed by atoms with Gasteiger partial charge in [0, 0.05) is 6.61 Å². The SMILES string of the molecule is CCOC12CCCC1(P(=O)(OCC)OCC)C(=O)C2(Cl)Cl. The Morgan fingerprint density at radius 1 is 1.10 bits per heavy atom.